The van der Waals surface area contributed by atoms with Crippen molar-refractivity contribution in [1.82, 2.24) is 20.1 Å². The van der Waals surface area contributed by atoms with Gasteiger partial charge in [-0.15, -0.1) is 0 Å². The average Bonchev–Trinajstić information content (AvgIpc) is 2.85. The number of ether oxygens (including phenoxy) is 1. The van der Waals surface area contributed by atoms with E-state index in [0.29, 0.717) is 0 Å². The maximum atomic E-state index is 5.42. The summed E-state index contributed by atoms with van der Waals surface area (Å²) < 4.78 is 7.29. The monoisotopic (exact) mass is 274 g/mol. The molecule has 5 heteroatoms. The van der Waals surface area contributed by atoms with Gasteiger partial charge in [-0.05, 0) is 25.1 Å². The van der Waals surface area contributed by atoms with Crippen LogP contribution in [0.2, 0.25) is 0 Å². The first-order chi connectivity index (χ1) is 9.76. The zero-order chi connectivity index (χ0) is 14.4. The minimum absolute atomic E-state index is 0.146. The Morgan fingerprint density at radius 1 is 1.40 bits per heavy atom. The number of hydrogen-bond acceptors (Lipinski definition) is 4. The van der Waals surface area contributed by atoms with Gasteiger partial charge in [0.2, 0.25) is 0 Å². The molecule has 1 unspecified atom stereocenters. The van der Waals surface area contributed by atoms with Crippen LogP contribution in [0.1, 0.15) is 30.8 Å². The Kier molecular flexibility index (Phi) is 5.12. The van der Waals surface area contributed by atoms with Crippen LogP contribution in [0.5, 0.6) is 5.75 Å². The SMILES string of the molecule is CCCNC(Cc1ccccn1)c1c(OC)cnn1C. The zero-order valence-corrected chi connectivity index (χ0v) is 12.3. The van der Waals surface area contributed by atoms with Crippen molar-refractivity contribution in [2.75, 3.05) is 13.7 Å². The molecule has 0 spiro atoms. The Morgan fingerprint density at radius 3 is 2.90 bits per heavy atom. The molecule has 5 nitrogen and oxygen atoms in total. The van der Waals surface area contributed by atoms with Crippen LogP contribution in [0.3, 0.4) is 0 Å². The summed E-state index contributed by atoms with van der Waals surface area (Å²) in [5.74, 6) is 0.817. The number of hydrogen-bond donors (Lipinski definition) is 1. The third-order valence-electron chi connectivity index (χ3n) is 3.28. The van der Waals surface area contributed by atoms with Gasteiger partial charge in [-0.25, -0.2) is 0 Å². The molecule has 0 saturated carbocycles. The lowest BCUT2D eigenvalue weighted by atomic mass is 10.1. The smallest absolute Gasteiger partial charge is 0.161 e. The van der Waals surface area contributed by atoms with Crippen LogP contribution in [0.25, 0.3) is 0 Å². The van der Waals surface area contributed by atoms with E-state index in [1.807, 2.05) is 36.1 Å². The summed E-state index contributed by atoms with van der Waals surface area (Å²) in [6.45, 7) is 3.11. The lowest BCUT2D eigenvalue weighted by Gasteiger charge is -2.19. The van der Waals surface area contributed by atoms with Gasteiger partial charge in [-0.1, -0.05) is 13.0 Å². The Balaban J connectivity index is 2.24. The van der Waals surface area contributed by atoms with Crippen molar-refractivity contribution in [1.29, 1.82) is 0 Å². The second-order valence-electron chi connectivity index (χ2n) is 4.75. The molecular formula is C15H22N4O. The van der Waals surface area contributed by atoms with Crippen LogP contribution in [0.15, 0.2) is 30.6 Å². The molecule has 2 aromatic rings. The van der Waals surface area contributed by atoms with Crippen molar-refractivity contribution < 1.29 is 4.74 Å². The molecule has 0 aliphatic rings. The molecule has 0 aliphatic carbocycles. The van der Waals surface area contributed by atoms with E-state index in [1.54, 1.807) is 13.3 Å². The van der Waals surface area contributed by atoms with E-state index in [9.17, 15) is 0 Å². The van der Waals surface area contributed by atoms with E-state index in [-0.39, 0.29) is 6.04 Å². The fourth-order valence-electron chi connectivity index (χ4n) is 2.29. The van der Waals surface area contributed by atoms with Gasteiger partial charge in [-0.2, -0.15) is 5.10 Å². The van der Waals surface area contributed by atoms with Crippen molar-refractivity contribution in [3.63, 3.8) is 0 Å². The van der Waals surface area contributed by atoms with Gasteiger partial charge >= 0.3 is 0 Å². The van der Waals surface area contributed by atoms with E-state index in [2.05, 4.69) is 22.3 Å². The summed E-state index contributed by atoms with van der Waals surface area (Å²) in [5.41, 5.74) is 2.12. The summed E-state index contributed by atoms with van der Waals surface area (Å²) in [5, 5.41) is 7.84. The maximum Gasteiger partial charge on any atom is 0.161 e. The average molecular weight is 274 g/mol. The number of rotatable bonds is 7. The van der Waals surface area contributed by atoms with Crippen molar-refractivity contribution in [3.8, 4) is 5.75 Å². The highest BCUT2D eigenvalue weighted by Crippen LogP contribution is 2.26. The fraction of sp³-hybridized carbons (Fsp3) is 0.467. The van der Waals surface area contributed by atoms with Gasteiger partial charge in [0.25, 0.3) is 0 Å². The summed E-state index contributed by atoms with van der Waals surface area (Å²) >= 11 is 0. The maximum absolute atomic E-state index is 5.42. The molecule has 0 saturated heterocycles. The second-order valence-corrected chi connectivity index (χ2v) is 4.75. The van der Waals surface area contributed by atoms with Gasteiger partial charge in [0.1, 0.15) is 0 Å². The summed E-state index contributed by atoms with van der Waals surface area (Å²) in [6, 6.07) is 6.14. The molecule has 2 aromatic heterocycles. The highest BCUT2D eigenvalue weighted by atomic mass is 16.5. The first-order valence-electron chi connectivity index (χ1n) is 6.95. The largest absolute Gasteiger partial charge is 0.493 e. The minimum atomic E-state index is 0.146. The van der Waals surface area contributed by atoms with Crippen molar-refractivity contribution in [2.24, 2.45) is 7.05 Å². The van der Waals surface area contributed by atoms with Crippen LogP contribution in [-0.2, 0) is 13.5 Å². The van der Waals surface area contributed by atoms with E-state index in [1.165, 1.54) is 0 Å². The fourth-order valence-corrected chi connectivity index (χ4v) is 2.29. The Labute approximate surface area is 120 Å². The van der Waals surface area contributed by atoms with Crippen molar-refractivity contribution in [3.05, 3.63) is 42.0 Å². The standard InChI is InChI=1S/C15H22N4O/c1-4-8-17-13(10-12-7-5-6-9-16-12)15-14(20-3)11-18-19(15)2/h5-7,9,11,13,17H,4,8,10H2,1-3H3. The van der Waals surface area contributed by atoms with Crippen LogP contribution in [0.4, 0.5) is 0 Å². The van der Waals surface area contributed by atoms with E-state index < -0.39 is 0 Å². The molecule has 0 aliphatic heterocycles. The van der Waals surface area contributed by atoms with E-state index in [0.717, 1.165) is 36.5 Å². The topological polar surface area (TPSA) is 52.0 Å². The lowest BCUT2D eigenvalue weighted by molar-refractivity contribution is 0.392. The molecule has 0 aromatic carbocycles. The van der Waals surface area contributed by atoms with Crippen LogP contribution in [-0.4, -0.2) is 28.4 Å². The molecule has 0 radical (unpaired) electrons. The van der Waals surface area contributed by atoms with Crippen LogP contribution < -0.4 is 10.1 Å². The number of nitrogens with one attached hydrogen (secondary N) is 1. The molecule has 0 amide bonds. The summed E-state index contributed by atoms with van der Waals surface area (Å²) in [4.78, 5) is 4.41. The van der Waals surface area contributed by atoms with Gasteiger partial charge in [-0.3, -0.25) is 9.67 Å². The molecular weight excluding hydrogens is 252 g/mol. The number of pyridine rings is 1. The molecule has 108 valence electrons. The minimum Gasteiger partial charge on any atom is -0.493 e. The van der Waals surface area contributed by atoms with Gasteiger partial charge in [0.15, 0.2) is 5.75 Å². The first-order valence-corrected chi connectivity index (χ1v) is 6.95. The molecule has 20 heavy (non-hydrogen) atoms. The lowest BCUT2D eigenvalue weighted by Crippen LogP contribution is -2.26. The van der Waals surface area contributed by atoms with Gasteiger partial charge in [0, 0.05) is 25.4 Å². The Bertz CT molecular complexity index is 524. The number of aromatic nitrogens is 3. The summed E-state index contributed by atoms with van der Waals surface area (Å²) in [6.07, 6.45) is 5.48. The Hall–Kier alpha value is -1.88. The third-order valence-corrected chi connectivity index (χ3v) is 3.28. The van der Waals surface area contributed by atoms with Crippen molar-refractivity contribution in [2.45, 2.75) is 25.8 Å². The number of aryl methyl sites for hydroxylation is 1. The van der Waals surface area contributed by atoms with Crippen molar-refractivity contribution >= 4 is 0 Å². The van der Waals surface area contributed by atoms with Gasteiger partial charge in [0.05, 0.1) is 25.0 Å². The van der Waals surface area contributed by atoms with E-state index >= 15 is 0 Å². The van der Waals surface area contributed by atoms with E-state index in [4.69, 9.17) is 4.74 Å². The molecule has 1 atom stereocenters. The predicted octanol–water partition coefficient (Wildman–Crippen LogP) is 2.11. The molecule has 1 N–H and O–H groups in total. The molecule has 0 bridgehead atoms. The van der Waals surface area contributed by atoms with Crippen LogP contribution >= 0.6 is 0 Å². The Morgan fingerprint density at radius 2 is 2.25 bits per heavy atom. The number of methoxy groups -OCH3 is 1. The number of nitrogens with zero attached hydrogens (tertiary/aromatic N) is 3. The third kappa shape index (κ3) is 3.36. The predicted molar refractivity (Wildman–Crippen MR) is 78.7 cm³/mol. The quantitative estimate of drug-likeness (QED) is 0.840. The van der Waals surface area contributed by atoms with Gasteiger partial charge < -0.3 is 10.1 Å². The molecule has 0 fully saturated rings. The first kappa shape index (κ1) is 14.5. The summed E-state index contributed by atoms with van der Waals surface area (Å²) in [7, 11) is 3.62. The normalized spacial score (nSPS) is 12.3. The molecule has 2 heterocycles. The second kappa shape index (κ2) is 7.05. The molecule has 2 rings (SSSR count). The highest BCUT2D eigenvalue weighted by molar-refractivity contribution is 5.29. The highest BCUT2D eigenvalue weighted by Gasteiger charge is 2.20. The van der Waals surface area contributed by atoms with Crippen LogP contribution in [0, 0.1) is 0 Å². The zero-order valence-electron chi connectivity index (χ0n) is 12.3.